The molecule has 1 radical (unpaired) electrons. The molecule has 1 fully saturated rings. The van der Waals surface area contributed by atoms with Gasteiger partial charge in [0.1, 0.15) is 6.04 Å². The van der Waals surface area contributed by atoms with Crippen molar-refractivity contribution in [1.82, 2.24) is 4.90 Å². The van der Waals surface area contributed by atoms with Crippen LogP contribution in [0.5, 0.6) is 0 Å². The van der Waals surface area contributed by atoms with Crippen molar-refractivity contribution in [2.45, 2.75) is 18.9 Å². The van der Waals surface area contributed by atoms with Gasteiger partial charge in [-0.3, -0.25) is 4.79 Å². The zero-order valence-electron chi connectivity index (χ0n) is 5.00. The Balaban J connectivity index is 2.53. The maximum atomic E-state index is 10.0. The Morgan fingerprint density at radius 2 is 2.44 bits per heavy atom. The Morgan fingerprint density at radius 1 is 1.67 bits per heavy atom. The second kappa shape index (κ2) is 2.49. The van der Waals surface area contributed by atoms with Crippen LogP contribution in [0, 0.1) is 11.3 Å². The van der Waals surface area contributed by atoms with Crippen molar-refractivity contribution < 1.29 is 4.79 Å². The summed E-state index contributed by atoms with van der Waals surface area (Å²) in [5.41, 5.74) is 0. The van der Waals surface area contributed by atoms with Gasteiger partial charge < -0.3 is 4.90 Å². The fourth-order valence-corrected chi connectivity index (χ4v) is 1.01. The van der Waals surface area contributed by atoms with Gasteiger partial charge in [-0.1, -0.05) is 0 Å². The Kier molecular flexibility index (Phi) is 1.69. The minimum Gasteiger partial charge on any atom is -0.318 e. The van der Waals surface area contributed by atoms with Crippen molar-refractivity contribution in [3.8, 4) is 6.07 Å². The topological polar surface area (TPSA) is 44.1 Å². The molecule has 3 nitrogen and oxygen atoms in total. The van der Waals surface area contributed by atoms with E-state index in [0.29, 0.717) is 6.54 Å². The summed E-state index contributed by atoms with van der Waals surface area (Å²) in [5, 5.41) is 8.40. The van der Waals surface area contributed by atoms with Gasteiger partial charge in [-0.25, -0.2) is 0 Å². The predicted octanol–water partition coefficient (Wildman–Crippen LogP) is 0.0416. The number of nitriles is 1. The number of hydrogen-bond donors (Lipinski definition) is 0. The second-order valence-electron chi connectivity index (χ2n) is 2.07. The molecule has 1 unspecified atom stereocenters. The molecule has 1 aliphatic heterocycles. The molecule has 47 valence electrons. The van der Waals surface area contributed by atoms with E-state index in [4.69, 9.17) is 5.26 Å². The molecule has 0 aromatic heterocycles. The molecule has 0 saturated carbocycles. The highest BCUT2D eigenvalue weighted by Gasteiger charge is 2.22. The normalized spacial score (nSPS) is 25.7. The van der Waals surface area contributed by atoms with Gasteiger partial charge in [0.2, 0.25) is 0 Å². The maximum absolute atomic E-state index is 10.0. The highest BCUT2D eigenvalue weighted by molar-refractivity contribution is 5.50. The van der Waals surface area contributed by atoms with Crippen LogP contribution in [0.4, 0.5) is 0 Å². The minimum absolute atomic E-state index is 0.206. The molecule has 1 heterocycles. The molecule has 0 spiro atoms. The smallest absolute Gasteiger partial charge is 0.313 e. The van der Waals surface area contributed by atoms with Gasteiger partial charge in [-0.15, -0.1) is 0 Å². The Hall–Kier alpha value is -1.04. The zero-order chi connectivity index (χ0) is 6.69. The molecule has 1 atom stereocenters. The summed E-state index contributed by atoms with van der Waals surface area (Å²) in [4.78, 5) is 11.4. The van der Waals surface area contributed by atoms with Crippen LogP contribution < -0.4 is 0 Å². The molecule has 0 N–H and O–H groups in total. The summed E-state index contributed by atoms with van der Waals surface area (Å²) in [7, 11) is 0. The molecule has 9 heavy (non-hydrogen) atoms. The first kappa shape index (κ1) is 6.09. The SMILES string of the molecule is N#CC1CCCN1[C]=O. The number of rotatable bonds is 1. The van der Waals surface area contributed by atoms with Gasteiger partial charge in [-0.2, -0.15) is 5.26 Å². The second-order valence-corrected chi connectivity index (χ2v) is 2.07. The molecule has 1 rings (SSSR count). The molecule has 1 aliphatic rings. The van der Waals surface area contributed by atoms with Crippen LogP contribution >= 0.6 is 0 Å². The van der Waals surface area contributed by atoms with Gasteiger partial charge in [0.25, 0.3) is 0 Å². The van der Waals surface area contributed by atoms with Crippen LogP contribution in [-0.4, -0.2) is 23.9 Å². The Morgan fingerprint density at radius 3 is 2.89 bits per heavy atom. The average Bonchev–Trinajstić information content (AvgIpc) is 2.33. The number of nitrogens with zero attached hydrogens (tertiary/aromatic N) is 2. The largest absolute Gasteiger partial charge is 0.318 e. The van der Waals surface area contributed by atoms with Crippen molar-refractivity contribution in [2.75, 3.05) is 6.54 Å². The van der Waals surface area contributed by atoms with Gasteiger partial charge in [0.05, 0.1) is 6.07 Å². The van der Waals surface area contributed by atoms with E-state index in [1.807, 2.05) is 6.07 Å². The molecular weight excluding hydrogens is 116 g/mol. The van der Waals surface area contributed by atoms with Crippen molar-refractivity contribution in [2.24, 2.45) is 0 Å². The third kappa shape index (κ3) is 1.02. The summed E-state index contributed by atoms with van der Waals surface area (Å²) in [6.45, 7) is 0.696. The molecule has 1 amide bonds. The van der Waals surface area contributed by atoms with E-state index < -0.39 is 0 Å². The third-order valence-electron chi connectivity index (χ3n) is 1.52. The van der Waals surface area contributed by atoms with E-state index >= 15 is 0 Å². The van der Waals surface area contributed by atoms with Gasteiger partial charge in [-0.05, 0) is 12.8 Å². The summed E-state index contributed by atoms with van der Waals surface area (Å²) >= 11 is 0. The van der Waals surface area contributed by atoms with E-state index in [1.165, 1.54) is 4.90 Å². The number of hydrogen-bond acceptors (Lipinski definition) is 2. The lowest BCUT2D eigenvalue weighted by Gasteiger charge is -2.09. The highest BCUT2D eigenvalue weighted by atomic mass is 16.1. The van der Waals surface area contributed by atoms with Crippen molar-refractivity contribution >= 4 is 6.41 Å². The maximum Gasteiger partial charge on any atom is 0.313 e. The lowest BCUT2D eigenvalue weighted by atomic mass is 10.2. The molecule has 3 heteroatoms. The molecular formula is C6H7N2O. The number of carbonyl (C=O) groups excluding carboxylic acids is 1. The molecule has 0 aromatic carbocycles. The predicted molar refractivity (Wildman–Crippen MR) is 31.0 cm³/mol. The first-order valence-electron chi connectivity index (χ1n) is 2.92. The third-order valence-corrected chi connectivity index (χ3v) is 1.52. The van der Waals surface area contributed by atoms with E-state index in [1.54, 1.807) is 6.41 Å². The fraction of sp³-hybridized carbons (Fsp3) is 0.667. The lowest BCUT2D eigenvalue weighted by molar-refractivity contribution is 0.403. The lowest BCUT2D eigenvalue weighted by Crippen LogP contribution is -2.25. The van der Waals surface area contributed by atoms with Crippen LogP contribution in [0.15, 0.2) is 0 Å². The summed E-state index contributed by atoms with van der Waals surface area (Å²) in [6, 6.07) is 1.82. The van der Waals surface area contributed by atoms with E-state index in [2.05, 4.69) is 0 Å². The summed E-state index contributed by atoms with van der Waals surface area (Å²) < 4.78 is 0. The first-order valence-corrected chi connectivity index (χ1v) is 2.92. The minimum atomic E-state index is -0.206. The summed E-state index contributed by atoms with van der Waals surface area (Å²) in [6.07, 6.45) is 3.47. The molecule has 0 aromatic rings. The Bertz CT molecular complexity index is 150. The van der Waals surface area contributed by atoms with Gasteiger partial charge >= 0.3 is 6.41 Å². The van der Waals surface area contributed by atoms with Gasteiger partial charge in [0.15, 0.2) is 0 Å². The molecule has 0 aliphatic carbocycles. The van der Waals surface area contributed by atoms with Crippen LogP contribution in [0.2, 0.25) is 0 Å². The van der Waals surface area contributed by atoms with E-state index in [-0.39, 0.29) is 6.04 Å². The first-order chi connectivity index (χ1) is 4.38. The average molecular weight is 123 g/mol. The van der Waals surface area contributed by atoms with Crippen molar-refractivity contribution in [3.05, 3.63) is 0 Å². The number of likely N-dealkylation sites (tertiary alicyclic amines) is 1. The van der Waals surface area contributed by atoms with Crippen LogP contribution in [0.25, 0.3) is 0 Å². The van der Waals surface area contributed by atoms with Crippen LogP contribution in [0.1, 0.15) is 12.8 Å². The van der Waals surface area contributed by atoms with Crippen LogP contribution in [-0.2, 0) is 4.79 Å². The van der Waals surface area contributed by atoms with E-state index in [9.17, 15) is 4.79 Å². The monoisotopic (exact) mass is 123 g/mol. The standard InChI is InChI=1S/C6H7N2O/c7-4-6-2-1-3-8(6)5-9/h6H,1-3H2. The summed E-state index contributed by atoms with van der Waals surface area (Å²) in [5.74, 6) is 0. The highest BCUT2D eigenvalue weighted by Crippen LogP contribution is 2.13. The van der Waals surface area contributed by atoms with Gasteiger partial charge in [0, 0.05) is 6.54 Å². The van der Waals surface area contributed by atoms with E-state index in [0.717, 1.165) is 12.8 Å². The zero-order valence-corrected chi connectivity index (χ0v) is 5.00. The Labute approximate surface area is 53.9 Å². The molecule has 0 bridgehead atoms. The van der Waals surface area contributed by atoms with Crippen LogP contribution in [0.3, 0.4) is 0 Å². The van der Waals surface area contributed by atoms with Crippen molar-refractivity contribution in [1.29, 1.82) is 5.26 Å². The molecule has 1 saturated heterocycles. The van der Waals surface area contributed by atoms with Crippen molar-refractivity contribution in [3.63, 3.8) is 0 Å². The quantitative estimate of drug-likeness (QED) is 0.494. The fourth-order valence-electron chi connectivity index (χ4n) is 1.01. The number of amides is 1.